The summed E-state index contributed by atoms with van der Waals surface area (Å²) < 4.78 is 5.08. The van der Waals surface area contributed by atoms with Gasteiger partial charge in [-0.1, -0.05) is 24.3 Å². The van der Waals surface area contributed by atoms with Gasteiger partial charge < -0.3 is 4.42 Å². The number of rotatable bonds is 0. The van der Waals surface area contributed by atoms with Crippen LogP contribution < -0.4 is 0 Å². The number of hydrogen-bond donors (Lipinski definition) is 0. The van der Waals surface area contributed by atoms with Crippen molar-refractivity contribution in [2.75, 3.05) is 0 Å². The molecule has 0 bridgehead atoms. The Hall–Kier alpha value is -4.12. The van der Waals surface area contributed by atoms with Crippen molar-refractivity contribution in [3.8, 4) is 0 Å². The molecule has 206 valence electrons. The monoisotopic (exact) mass is 524 g/mol. The van der Waals surface area contributed by atoms with Gasteiger partial charge in [0.05, 0.1) is 0 Å². The predicted molar refractivity (Wildman–Crippen MR) is 163 cm³/mol. The largest absolute Gasteiger partial charge is 0.467 e. The number of aromatic nitrogens is 4. The molecule has 0 radical (unpaired) electrons. The van der Waals surface area contributed by atoms with Gasteiger partial charge in [0.2, 0.25) is 0 Å². The molecule has 39 heavy (non-hydrogen) atoms. The lowest BCUT2D eigenvalue weighted by molar-refractivity contribution is 0.504. The Morgan fingerprint density at radius 2 is 0.872 bits per heavy atom. The quantitative estimate of drug-likeness (QED) is 0.203. The first kappa shape index (κ1) is 32.9. The van der Waals surface area contributed by atoms with Gasteiger partial charge in [0.1, 0.15) is 11.5 Å². The third kappa shape index (κ3) is 17.1. The van der Waals surface area contributed by atoms with Crippen LogP contribution in [0.2, 0.25) is 0 Å². The summed E-state index contributed by atoms with van der Waals surface area (Å²) in [4.78, 5) is 16.3. The Bertz CT molecular complexity index is 1160. The fourth-order valence-electron chi connectivity index (χ4n) is 3.03. The Kier molecular flexibility index (Phi) is 15.3. The van der Waals surface area contributed by atoms with Crippen LogP contribution in [0.15, 0.2) is 89.9 Å². The molecule has 0 aliphatic heterocycles. The Labute approximate surface area is 235 Å². The number of hydrogen-bond acceptors (Lipinski definition) is 5. The van der Waals surface area contributed by atoms with E-state index >= 15 is 0 Å². The highest BCUT2D eigenvalue weighted by atomic mass is 16.3. The van der Waals surface area contributed by atoms with Gasteiger partial charge in [0.25, 0.3) is 0 Å². The van der Waals surface area contributed by atoms with Gasteiger partial charge >= 0.3 is 0 Å². The van der Waals surface area contributed by atoms with E-state index in [0.717, 1.165) is 34.3 Å². The lowest BCUT2D eigenvalue weighted by Crippen LogP contribution is -1.81. The molecular formula is C34H44N4O. The molecule has 0 atom stereocenters. The third-order valence-corrected chi connectivity index (χ3v) is 5.03. The molecule has 5 aromatic rings. The van der Waals surface area contributed by atoms with Crippen LogP contribution in [-0.2, 0) is 0 Å². The van der Waals surface area contributed by atoms with Crippen LogP contribution in [0.25, 0.3) is 0 Å². The normalized spacial score (nSPS) is 9.28. The van der Waals surface area contributed by atoms with Crippen molar-refractivity contribution in [2.24, 2.45) is 0 Å². The molecule has 5 heterocycles. The zero-order chi connectivity index (χ0) is 29.2. The molecule has 0 unspecified atom stereocenters. The van der Waals surface area contributed by atoms with Crippen molar-refractivity contribution in [2.45, 2.75) is 69.2 Å². The van der Waals surface area contributed by atoms with E-state index in [0.29, 0.717) is 0 Å². The second-order valence-electron chi connectivity index (χ2n) is 9.57. The first-order chi connectivity index (χ1) is 18.4. The highest BCUT2D eigenvalue weighted by Gasteiger charge is 1.86. The molecule has 0 saturated carbocycles. The molecule has 0 aliphatic carbocycles. The Morgan fingerprint density at radius 1 is 0.436 bits per heavy atom. The lowest BCUT2D eigenvalue weighted by atomic mass is 10.2. The van der Waals surface area contributed by atoms with Crippen LogP contribution in [0.5, 0.6) is 0 Å². The van der Waals surface area contributed by atoms with Crippen LogP contribution in [0, 0.1) is 69.2 Å². The van der Waals surface area contributed by atoms with Crippen molar-refractivity contribution in [3.05, 3.63) is 142 Å². The van der Waals surface area contributed by atoms with Gasteiger partial charge in [0.15, 0.2) is 0 Å². The fraction of sp³-hybridized carbons (Fsp3) is 0.294. The maximum Gasteiger partial charge on any atom is 0.101 e. The van der Waals surface area contributed by atoms with Gasteiger partial charge in [-0.2, -0.15) is 0 Å². The third-order valence-electron chi connectivity index (χ3n) is 5.03. The summed E-state index contributed by atoms with van der Waals surface area (Å²) in [6.45, 7) is 20.0. The molecule has 0 saturated heterocycles. The van der Waals surface area contributed by atoms with E-state index in [-0.39, 0.29) is 0 Å². The average Bonchev–Trinajstić information content (AvgIpc) is 3.26. The summed E-state index contributed by atoms with van der Waals surface area (Å²) >= 11 is 0. The first-order valence-corrected chi connectivity index (χ1v) is 13.0. The lowest BCUT2D eigenvalue weighted by Gasteiger charge is -1.90. The van der Waals surface area contributed by atoms with Crippen molar-refractivity contribution >= 4 is 0 Å². The fourth-order valence-corrected chi connectivity index (χ4v) is 3.03. The highest BCUT2D eigenvalue weighted by molar-refractivity contribution is 5.14. The van der Waals surface area contributed by atoms with Crippen LogP contribution in [0.4, 0.5) is 0 Å². The molecule has 0 spiro atoms. The molecule has 0 aromatic carbocycles. The van der Waals surface area contributed by atoms with Crippen LogP contribution in [0.1, 0.15) is 56.6 Å². The Morgan fingerprint density at radius 3 is 1.08 bits per heavy atom. The maximum atomic E-state index is 5.08. The summed E-state index contributed by atoms with van der Waals surface area (Å²) in [6, 6.07) is 20.1. The molecule has 5 aromatic heterocycles. The van der Waals surface area contributed by atoms with Crippen LogP contribution in [0.3, 0.4) is 0 Å². The van der Waals surface area contributed by atoms with Crippen LogP contribution >= 0.6 is 0 Å². The summed E-state index contributed by atoms with van der Waals surface area (Å²) in [5.74, 6) is 1.97. The van der Waals surface area contributed by atoms with Crippen molar-refractivity contribution in [1.29, 1.82) is 0 Å². The molecular weight excluding hydrogens is 480 g/mol. The number of furan rings is 1. The van der Waals surface area contributed by atoms with E-state index in [1.54, 1.807) is 0 Å². The SMILES string of the molecule is Cc1ccc(C)nc1.Cc1ccc(C)nc1.Cc1ccc(C)o1.Cc1cccc(C)n1.Cc1cncc(C)c1. The summed E-state index contributed by atoms with van der Waals surface area (Å²) in [7, 11) is 0. The van der Waals surface area contributed by atoms with E-state index in [4.69, 9.17) is 4.42 Å². The molecule has 5 rings (SSSR count). The standard InChI is InChI=1S/4C7H9N.C6H8O/c1-6-3-7(2)5-8-4-6;2*1-6-3-4-7(2)8-5-6;1-6-4-3-5-7(2)8-6;1-5-3-4-6(2)7-5/h4*3-5H,1-2H3;3-4H,1-2H3. The molecule has 0 N–H and O–H groups in total. The second-order valence-corrected chi connectivity index (χ2v) is 9.57. The van der Waals surface area contributed by atoms with Gasteiger partial charge in [-0.15, -0.1) is 0 Å². The molecule has 0 fully saturated rings. The number of aryl methyl sites for hydroxylation is 10. The zero-order valence-electron chi connectivity index (χ0n) is 25.3. The summed E-state index contributed by atoms with van der Waals surface area (Å²) in [5, 5.41) is 0. The van der Waals surface area contributed by atoms with E-state index in [2.05, 4.69) is 38.1 Å². The summed E-state index contributed by atoms with van der Waals surface area (Å²) in [5.41, 5.74) is 9.22. The van der Waals surface area contributed by atoms with Gasteiger partial charge in [0, 0.05) is 47.6 Å². The van der Waals surface area contributed by atoms with Crippen LogP contribution in [-0.4, -0.2) is 19.9 Å². The van der Waals surface area contributed by atoms with Gasteiger partial charge in [-0.05, 0) is 128 Å². The molecule has 5 heteroatoms. The highest BCUT2D eigenvalue weighted by Crippen LogP contribution is 2.02. The van der Waals surface area contributed by atoms with E-state index < -0.39 is 0 Å². The maximum absolute atomic E-state index is 5.08. The minimum absolute atomic E-state index is 0.984. The summed E-state index contributed by atoms with van der Waals surface area (Å²) in [6.07, 6.45) is 7.45. The zero-order valence-corrected chi connectivity index (χ0v) is 25.3. The Balaban J connectivity index is 0.000000244. The molecule has 0 amide bonds. The number of pyridine rings is 4. The number of nitrogens with zero attached hydrogens (tertiary/aromatic N) is 4. The van der Waals surface area contributed by atoms with Crippen molar-refractivity contribution in [1.82, 2.24) is 19.9 Å². The van der Waals surface area contributed by atoms with E-state index in [1.807, 2.05) is 136 Å². The smallest absolute Gasteiger partial charge is 0.101 e. The minimum atomic E-state index is 0.984. The van der Waals surface area contributed by atoms with Gasteiger partial charge in [-0.25, -0.2) is 0 Å². The first-order valence-electron chi connectivity index (χ1n) is 13.0. The minimum Gasteiger partial charge on any atom is -0.467 e. The van der Waals surface area contributed by atoms with E-state index in [1.165, 1.54) is 22.3 Å². The molecule has 0 aliphatic rings. The van der Waals surface area contributed by atoms with Crippen molar-refractivity contribution < 1.29 is 4.42 Å². The predicted octanol–water partition coefficient (Wildman–Crippen LogP) is 8.69. The molecule has 5 nitrogen and oxygen atoms in total. The van der Waals surface area contributed by atoms with E-state index in [9.17, 15) is 0 Å². The topological polar surface area (TPSA) is 64.7 Å². The second kappa shape index (κ2) is 18.2. The van der Waals surface area contributed by atoms with Gasteiger partial charge in [-0.3, -0.25) is 19.9 Å². The average molecular weight is 525 g/mol. The van der Waals surface area contributed by atoms with Crippen molar-refractivity contribution in [3.63, 3.8) is 0 Å².